The van der Waals surface area contributed by atoms with Crippen LogP contribution in [0.5, 0.6) is 0 Å². The van der Waals surface area contributed by atoms with Gasteiger partial charge < -0.3 is 0 Å². The lowest BCUT2D eigenvalue weighted by Gasteiger charge is -2.15. The number of benzene rings is 1. The van der Waals surface area contributed by atoms with E-state index in [0.29, 0.717) is 18.1 Å². The molecule has 0 N–H and O–H groups in total. The zero-order valence-electron chi connectivity index (χ0n) is 14.9. The van der Waals surface area contributed by atoms with E-state index in [0.717, 1.165) is 29.5 Å². The Morgan fingerprint density at radius 2 is 1.88 bits per heavy atom. The molecule has 7 heteroatoms. The van der Waals surface area contributed by atoms with Gasteiger partial charge in [-0.1, -0.05) is 29.5 Å². The normalized spacial score (nSPS) is 15.3. The Balaban J connectivity index is 1.66. The molecule has 1 aromatic heterocycles. The molecule has 138 valence electrons. The first-order valence-corrected chi connectivity index (χ1v) is 11.0. The summed E-state index contributed by atoms with van der Waals surface area (Å²) >= 11 is 1.32. The van der Waals surface area contributed by atoms with E-state index in [4.69, 9.17) is 0 Å². The number of carbonyl (C=O) groups excluding carboxylic acids is 1. The number of carbonyl (C=O) groups is 1. The molecule has 26 heavy (non-hydrogen) atoms. The van der Waals surface area contributed by atoms with Crippen molar-refractivity contribution < 1.29 is 13.2 Å². The van der Waals surface area contributed by atoms with Crippen molar-refractivity contribution in [3.05, 3.63) is 53.2 Å². The van der Waals surface area contributed by atoms with Gasteiger partial charge in [0.05, 0.1) is 10.8 Å². The van der Waals surface area contributed by atoms with Gasteiger partial charge in [-0.2, -0.15) is 4.31 Å². The van der Waals surface area contributed by atoms with Crippen LogP contribution in [0.25, 0.3) is 0 Å². The molecule has 2 heterocycles. The smallest absolute Gasteiger partial charge is 0.244 e. The molecule has 0 saturated carbocycles. The molecule has 2 aromatic rings. The first kappa shape index (κ1) is 19.1. The second-order valence-electron chi connectivity index (χ2n) is 6.47. The molecular weight excluding hydrogens is 368 g/mol. The number of pyridine rings is 1. The third-order valence-electron chi connectivity index (χ3n) is 4.46. The summed E-state index contributed by atoms with van der Waals surface area (Å²) in [6.07, 6.45) is 3.19. The summed E-state index contributed by atoms with van der Waals surface area (Å²) in [6.45, 7) is 5.03. The number of ketones is 1. The monoisotopic (exact) mass is 390 g/mol. The van der Waals surface area contributed by atoms with Crippen LogP contribution in [0.4, 0.5) is 0 Å². The van der Waals surface area contributed by atoms with Gasteiger partial charge in [-0.05, 0) is 50.5 Å². The van der Waals surface area contributed by atoms with Crippen LogP contribution in [0.3, 0.4) is 0 Å². The second-order valence-corrected chi connectivity index (χ2v) is 9.41. The zero-order chi connectivity index (χ0) is 18.7. The highest BCUT2D eigenvalue weighted by Crippen LogP contribution is 2.23. The third kappa shape index (κ3) is 4.16. The Morgan fingerprint density at radius 3 is 2.54 bits per heavy atom. The van der Waals surface area contributed by atoms with Crippen molar-refractivity contribution >= 4 is 27.6 Å². The summed E-state index contributed by atoms with van der Waals surface area (Å²) in [5, 5.41) is 0.643. The van der Waals surface area contributed by atoms with Gasteiger partial charge in [-0.25, -0.2) is 13.4 Å². The van der Waals surface area contributed by atoms with Crippen LogP contribution in [0, 0.1) is 13.8 Å². The van der Waals surface area contributed by atoms with E-state index in [1.165, 1.54) is 22.3 Å². The van der Waals surface area contributed by atoms with E-state index < -0.39 is 10.0 Å². The van der Waals surface area contributed by atoms with Crippen molar-refractivity contribution in [2.24, 2.45) is 0 Å². The number of hydrogen-bond donors (Lipinski definition) is 0. The highest BCUT2D eigenvalue weighted by Gasteiger charge is 2.27. The largest absolute Gasteiger partial charge is 0.293 e. The van der Waals surface area contributed by atoms with Gasteiger partial charge in [-0.15, -0.1) is 0 Å². The van der Waals surface area contributed by atoms with Crippen molar-refractivity contribution in [1.82, 2.24) is 9.29 Å². The van der Waals surface area contributed by atoms with Gasteiger partial charge in [0.15, 0.2) is 5.78 Å². The summed E-state index contributed by atoms with van der Waals surface area (Å²) in [5.74, 6) is 0.321. The van der Waals surface area contributed by atoms with Crippen LogP contribution < -0.4 is 0 Å². The average Bonchev–Trinajstić information content (AvgIpc) is 3.17. The molecular formula is C19H22N2O3S2. The Bertz CT molecular complexity index is 903. The molecule has 0 aliphatic carbocycles. The quantitative estimate of drug-likeness (QED) is 0.558. The number of nitrogens with zero attached hydrogens (tertiary/aromatic N) is 2. The van der Waals surface area contributed by atoms with E-state index in [2.05, 4.69) is 4.98 Å². The maximum Gasteiger partial charge on any atom is 0.244 e. The minimum atomic E-state index is -3.45. The SMILES string of the molecule is Cc1ccc(C)c(C(=O)CSc2ccc(S(=O)(=O)N3CCCC3)cn2)c1. The number of aromatic nitrogens is 1. The van der Waals surface area contributed by atoms with Crippen molar-refractivity contribution in [2.45, 2.75) is 36.6 Å². The molecule has 0 amide bonds. The standard InChI is InChI=1S/C19H22N2O3S2/c1-14-5-6-15(2)17(11-14)18(22)13-25-19-8-7-16(12-20-19)26(23,24)21-9-3-4-10-21/h5-8,11-12H,3-4,9-10,13H2,1-2H3. The van der Waals surface area contributed by atoms with Crippen LogP contribution in [0.15, 0.2) is 46.5 Å². The van der Waals surface area contributed by atoms with E-state index in [-0.39, 0.29) is 16.4 Å². The van der Waals surface area contributed by atoms with Crippen LogP contribution in [-0.4, -0.2) is 42.3 Å². The van der Waals surface area contributed by atoms with Gasteiger partial charge in [0.2, 0.25) is 10.0 Å². The highest BCUT2D eigenvalue weighted by atomic mass is 32.2. The molecule has 0 bridgehead atoms. The first-order valence-electron chi connectivity index (χ1n) is 8.57. The fourth-order valence-corrected chi connectivity index (χ4v) is 5.12. The minimum Gasteiger partial charge on any atom is -0.293 e. The summed E-state index contributed by atoms with van der Waals surface area (Å²) in [5.41, 5.74) is 2.74. The number of rotatable bonds is 6. The van der Waals surface area contributed by atoms with Crippen molar-refractivity contribution in [1.29, 1.82) is 0 Å². The molecule has 3 rings (SSSR count). The summed E-state index contributed by atoms with van der Waals surface area (Å²) in [6, 6.07) is 9.08. The molecule has 0 spiro atoms. The number of aryl methyl sites for hydroxylation is 2. The van der Waals surface area contributed by atoms with E-state index >= 15 is 0 Å². The second kappa shape index (κ2) is 7.90. The fraction of sp³-hybridized carbons (Fsp3) is 0.368. The molecule has 1 aliphatic rings. The van der Waals surface area contributed by atoms with Gasteiger partial charge in [-0.3, -0.25) is 4.79 Å². The third-order valence-corrected chi connectivity index (χ3v) is 7.28. The fourth-order valence-electron chi connectivity index (χ4n) is 2.94. The van der Waals surface area contributed by atoms with Gasteiger partial charge in [0, 0.05) is 24.8 Å². The number of sulfonamides is 1. The summed E-state index contributed by atoms with van der Waals surface area (Å²) in [4.78, 5) is 16.9. The van der Waals surface area contributed by atoms with Gasteiger partial charge in [0.1, 0.15) is 4.90 Å². The molecule has 0 radical (unpaired) electrons. The van der Waals surface area contributed by atoms with E-state index in [1.54, 1.807) is 12.1 Å². The molecule has 1 fully saturated rings. The molecule has 1 aromatic carbocycles. The zero-order valence-corrected chi connectivity index (χ0v) is 16.6. The molecule has 0 atom stereocenters. The van der Waals surface area contributed by atoms with Gasteiger partial charge in [0.25, 0.3) is 0 Å². The molecule has 1 saturated heterocycles. The lowest BCUT2D eigenvalue weighted by atomic mass is 10.0. The van der Waals surface area contributed by atoms with Crippen LogP contribution >= 0.6 is 11.8 Å². The maximum absolute atomic E-state index is 12.5. The molecule has 0 unspecified atom stereocenters. The highest BCUT2D eigenvalue weighted by molar-refractivity contribution is 7.99. The van der Waals surface area contributed by atoms with Crippen LogP contribution in [0.1, 0.15) is 34.3 Å². The molecule has 1 aliphatic heterocycles. The Hall–Kier alpha value is -1.70. The first-order chi connectivity index (χ1) is 12.4. The minimum absolute atomic E-state index is 0.0479. The lowest BCUT2D eigenvalue weighted by molar-refractivity contribution is 0.102. The van der Waals surface area contributed by atoms with E-state index in [1.807, 2.05) is 32.0 Å². The topological polar surface area (TPSA) is 67.3 Å². The van der Waals surface area contributed by atoms with Gasteiger partial charge >= 0.3 is 0 Å². The summed E-state index contributed by atoms with van der Waals surface area (Å²) < 4.78 is 26.5. The average molecular weight is 391 g/mol. The van der Waals surface area contributed by atoms with Crippen molar-refractivity contribution in [3.63, 3.8) is 0 Å². The number of Topliss-reactive ketones (excluding diaryl/α,β-unsaturated/α-hetero) is 1. The van der Waals surface area contributed by atoms with Crippen molar-refractivity contribution in [3.8, 4) is 0 Å². The summed E-state index contributed by atoms with van der Waals surface area (Å²) in [7, 11) is -3.45. The van der Waals surface area contributed by atoms with Crippen molar-refractivity contribution in [2.75, 3.05) is 18.8 Å². The number of hydrogen-bond acceptors (Lipinski definition) is 5. The Morgan fingerprint density at radius 1 is 1.15 bits per heavy atom. The van der Waals surface area contributed by atoms with Crippen LogP contribution in [0.2, 0.25) is 0 Å². The predicted octanol–water partition coefficient (Wildman–Crippen LogP) is 3.46. The number of thioether (sulfide) groups is 1. The predicted molar refractivity (Wildman–Crippen MR) is 103 cm³/mol. The Kier molecular flexibility index (Phi) is 5.79. The molecule has 5 nitrogen and oxygen atoms in total. The lowest BCUT2D eigenvalue weighted by Crippen LogP contribution is -2.27. The Labute approximate surface area is 158 Å². The van der Waals surface area contributed by atoms with Crippen LogP contribution in [-0.2, 0) is 10.0 Å². The van der Waals surface area contributed by atoms with E-state index in [9.17, 15) is 13.2 Å². The maximum atomic E-state index is 12.5.